The van der Waals surface area contributed by atoms with Gasteiger partial charge in [0.25, 0.3) is 0 Å². The second-order valence-electron chi connectivity index (χ2n) is 6.48. The zero-order valence-electron chi connectivity index (χ0n) is 14.5. The predicted octanol–water partition coefficient (Wildman–Crippen LogP) is 3.42. The van der Waals surface area contributed by atoms with E-state index >= 15 is 0 Å². The molecule has 2 aromatic carbocycles. The lowest BCUT2D eigenvalue weighted by atomic mass is 10.1. The normalized spacial score (nSPS) is 19.1. The highest BCUT2D eigenvalue weighted by molar-refractivity contribution is 7.90. The number of sulfone groups is 1. The third kappa shape index (κ3) is 5.09. The molecule has 2 aromatic rings. The van der Waals surface area contributed by atoms with Gasteiger partial charge in [-0.1, -0.05) is 42.5 Å². The van der Waals surface area contributed by atoms with Crippen molar-refractivity contribution in [1.82, 2.24) is 4.90 Å². The van der Waals surface area contributed by atoms with Crippen LogP contribution in [0, 0.1) is 0 Å². The maximum atomic E-state index is 12.9. The van der Waals surface area contributed by atoms with Gasteiger partial charge in [0, 0.05) is 19.6 Å². The molecule has 3 rings (SSSR count). The first-order chi connectivity index (χ1) is 12.8. The molecule has 0 amide bonds. The minimum atomic E-state index is -4.41. The molecule has 0 N–H and O–H groups in total. The molecule has 8 heteroatoms. The number of halogens is 3. The Kier molecular flexibility index (Phi) is 5.88. The second-order valence-corrected chi connectivity index (χ2v) is 8.47. The van der Waals surface area contributed by atoms with Crippen LogP contribution in [0.2, 0.25) is 0 Å². The van der Waals surface area contributed by atoms with E-state index < -0.39 is 22.1 Å². The van der Waals surface area contributed by atoms with Crippen molar-refractivity contribution in [2.24, 2.45) is 0 Å². The van der Waals surface area contributed by atoms with Crippen molar-refractivity contribution in [3.63, 3.8) is 0 Å². The summed E-state index contributed by atoms with van der Waals surface area (Å²) in [6, 6.07) is 15.1. The molecule has 27 heavy (non-hydrogen) atoms. The molecular weight excluding hydrogens is 379 g/mol. The molecule has 146 valence electrons. The number of benzene rings is 2. The molecule has 0 unspecified atom stereocenters. The summed E-state index contributed by atoms with van der Waals surface area (Å²) in [6.45, 7) is 0.348. The first-order valence-electron chi connectivity index (χ1n) is 8.51. The minimum absolute atomic E-state index is 0.00530. The van der Waals surface area contributed by atoms with E-state index in [0.717, 1.165) is 0 Å². The molecule has 1 fully saturated rings. The zero-order chi connectivity index (χ0) is 19.5. The summed E-state index contributed by atoms with van der Waals surface area (Å²) in [4.78, 5) is 1.87. The third-order valence-corrected chi connectivity index (χ3v) is 6.16. The van der Waals surface area contributed by atoms with Crippen molar-refractivity contribution in [3.8, 4) is 0 Å². The van der Waals surface area contributed by atoms with Gasteiger partial charge in [0.1, 0.15) is 0 Å². The number of rotatable bonds is 5. The van der Waals surface area contributed by atoms with Crippen LogP contribution < -0.4 is 0 Å². The van der Waals surface area contributed by atoms with Crippen molar-refractivity contribution in [2.45, 2.75) is 29.5 Å². The quantitative estimate of drug-likeness (QED) is 0.773. The SMILES string of the molecule is O=S(=O)(Cc1ccccc1CN1CCO[C@H](C(F)(F)F)C1)c1ccccc1. The predicted molar refractivity (Wildman–Crippen MR) is 94.8 cm³/mol. The van der Waals surface area contributed by atoms with Gasteiger partial charge in [0.05, 0.1) is 17.3 Å². The first-order valence-corrected chi connectivity index (χ1v) is 10.2. The van der Waals surface area contributed by atoms with Crippen LogP contribution in [0.25, 0.3) is 0 Å². The van der Waals surface area contributed by atoms with Gasteiger partial charge < -0.3 is 4.74 Å². The standard InChI is InChI=1S/C19H20F3NO3S/c20-19(21,22)18-13-23(10-11-26-18)12-15-6-4-5-7-16(15)14-27(24,25)17-8-2-1-3-9-17/h1-9,18H,10-14H2/t18-/m0/s1. The largest absolute Gasteiger partial charge is 0.415 e. The van der Waals surface area contributed by atoms with Crippen LogP contribution in [0.3, 0.4) is 0 Å². The highest BCUT2D eigenvalue weighted by Crippen LogP contribution is 2.27. The molecule has 4 nitrogen and oxygen atoms in total. The van der Waals surface area contributed by atoms with E-state index in [1.807, 2.05) is 0 Å². The van der Waals surface area contributed by atoms with E-state index in [4.69, 9.17) is 4.74 Å². The van der Waals surface area contributed by atoms with Gasteiger partial charge in [-0.2, -0.15) is 13.2 Å². The van der Waals surface area contributed by atoms with Crippen LogP contribution in [-0.2, 0) is 26.9 Å². The maximum Gasteiger partial charge on any atom is 0.415 e. The van der Waals surface area contributed by atoms with Gasteiger partial charge in [-0.15, -0.1) is 0 Å². The average Bonchev–Trinajstić information content (AvgIpc) is 2.63. The molecular formula is C19H20F3NO3S. The monoisotopic (exact) mass is 399 g/mol. The molecule has 1 heterocycles. The summed E-state index contributed by atoms with van der Waals surface area (Å²) < 4.78 is 68.8. The highest BCUT2D eigenvalue weighted by atomic mass is 32.2. The summed E-state index contributed by atoms with van der Waals surface area (Å²) in [6.07, 6.45) is -6.22. The van der Waals surface area contributed by atoms with Crippen molar-refractivity contribution in [1.29, 1.82) is 0 Å². The fourth-order valence-corrected chi connectivity index (χ4v) is 4.48. The molecule has 0 spiro atoms. The topological polar surface area (TPSA) is 46.6 Å². The van der Waals surface area contributed by atoms with E-state index in [2.05, 4.69) is 0 Å². The van der Waals surface area contributed by atoms with Crippen molar-refractivity contribution in [2.75, 3.05) is 19.7 Å². The summed E-state index contributed by atoms with van der Waals surface area (Å²) in [5.41, 5.74) is 1.30. The summed E-state index contributed by atoms with van der Waals surface area (Å²) in [5.74, 6) is -0.194. The maximum absolute atomic E-state index is 12.9. The molecule has 0 saturated carbocycles. The first kappa shape index (κ1) is 19.9. The molecule has 0 radical (unpaired) electrons. The van der Waals surface area contributed by atoms with Crippen molar-refractivity contribution >= 4 is 9.84 Å². The number of alkyl halides is 3. The Morgan fingerprint density at radius 2 is 1.63 bits per heavy atom. The van der Waals surface area contributed by atoms with Crippen LogP contribution >= 0.6 is 0 Å². The van der Waals surface area contributed by atoms with Gasteiger partial charge >= 0.3 is 6.18 Å². The fourth-order valence-electron chi connectivity index (χ4n) is 3.05. The van der Waals surface area contributed by atoms with Gasteiger partial charge in [-0.3, -0.25) is 4.90 Å². The molecule has 0 bridgehead atoms. The Hall–Kier alpha value is -1.90. The summed E-state index contributed by atoms with van der Waals surface area (Å²) >= 11 is 0. The van der Waals surface area contributed by atoms with Crippen LogP contribution in [0.4, 0.5) is 13.2 Å². The van der Waals surface area contributed by atoms with Gasteiger partial charge in [-0.05, 0) is 23.3 Å². The average molecular weight is 399 g/mol. The second kappa shape index (κ2) is 8.00. The minimum Gasteiger partial charge on any atom is -0.366 e. The number of morpholine rings is 1. The lowest BCUT2D eigenvalue weighted by Gasteiger charge is -2.34. The Morgan fingerprint density at radius 1 is 1.00 bits per heavy atom. The van der Waals surface area contributed by atoms with Gasteiger partial charge in [0.15, 0.2) is 15.9 Å². The van der Waals surface area contributed by atoms with Crippen molar-refractivity contribution in [3.05, 3.63) is 65.7 Å². The van der Waals surface area contributed by atoms with Gasteiger partial charge in [0.2, 0.25) is 0 Å². The van der Waals surface area contributed by atoms with E-state index in [1.165, 1.54) is 12.1 Å². The Morgan fingerprint density at radius 3 is 2.30 bits per heavy atom. The molecule has 0 aromatic heterocycles. The smallest absolute Gasteiger partial charge is 0.366 e. The van der Waals surface area contributed by atoms with Crippen LogP contribution in [0.15, 0.2) is 59.5 Å². The van der Waals surface area contributed by atoms with Crippen LogP contribution in [0.5, 0.6) is 0 Å². The number of hydrogen-bond acceptors (Lipinski definition) is 4. The van der Waals surface area contributed by atoms with Crippen LogP contribution in [-0.4, -0.2) is 45.3 Å². The lowest BCUT2D eigenvalue weighted by molar-refractivity contribution is -0.237. The zero-order valence-corrected chi connectivity index (χ0v) is 15.3. The number of nitrogens with zero attached hydrogens (tertiary/aromatic N) is 1. The lowest BCUT2D eigenvalue weighted by Crippen LogP contribution is -2.48. The van der Waals surface area contributed by atoms with E-state index in [9.17, 15) is 21.6 Å². The highest BCUT2D eigenvalue weighted by Gasteiger charge is 2.43. The molecule has 0 aliphatic carbocycles. The number of ether oxygens (including phenoxy) is 1. The fraction of sp³-hybridized carbons (Fsp3) is 0.368. The Labute approximate surface area is 156 Å². The van der Waals surface area contributed by atoms with E-state index in [1.54, 1.807) is 47.4 Å². The summed E-state index contributed by atoms with van der Waals surface area (Å²) in [5, 5.41) is 0. The van der Waals surface area contributed by atoms with Crippen molar-refractivity contribution < 1.29 is 26.3 Å². The van der Waals surface area contributed by atoms with Crippen LogP contribution in [0.1, 0.15) is 11.1 Å². The van der Waals surface area contributed by atoms with E-state index in [-0.39, 0.29) is 30.3 Å². The van der Waals surface area contributed by atoms with Gasteiger partial charge in [-0.25, -0.2) is 8.42 Å². The van der Waals surface area contributed by atoms with E-state index in [0.29, 0.717) is 17.7 Å². The molecule has 1 atom stereocenters. The third-order valence-electron chi connectivity index (χ3n) is 4.48. The number of hydrogen-bond donors (Lipinski definition) is 0. The Balaban J connectivity index is 1.77. The molecule has 1 aliphatic rings. The molecule has 1 saturated heterocycles. The summed E-state index contributed by atoms with van der Waals surface area (Å²) in [7, 11) is -3.53. The Bertz CT molecular complexity index is 869. The molecule has 1 aliphatic heterocycles.